The lowest BCUT2D eigenvalue weighted by atomic mass is 10.2. The standard InChI is InChI=1S/C11H21N5O.HI/c1-16-9-10(8-15-16)4-3-5-13-11(12)14-6-7-17-2;/h8-9H,3-7H2,1-2H3,(H3,12,13,14);1H. The lowest BCUT2D eigenvalue weighted by Crippen LogP contribution is -2.34. The Balaban J connectivity index is 0.00000289. The van der Waals surface area contributed by atoms with Crippen LogP contribution >= 0.6 is 24.0 Å². The van der Waals surface area contributed by atoms with E-state index in [9.17, 15) is 0 Å². The van der Waals surface area contributed by atoms with Gasteiger partial charge in [0, 0.05) is 33.4 Å². The van der Waals surface area contributed by atoms with Gasteiger partial charge in [-0.2, -0.15) is 5.10 Å². The number of aliphatic imine (C=N–C) groups is 1. The minimum atomic E-state index is 0. The van der Waals surface area contributed by atoms with Crippen molar-refractivity contribution < 1.29 is 4.74 Å². The maximum atomic E-state index is 5.66. The highest BCUT2D eigenvalue weighted by molar-refractivity contribution is 14.0. The van der Waals surface area contributed by atoms with E-state index in [2.05, 4.69) is 15.4 Å². The second-order valence-electron chi connectivity index (χ2n) is 3.81. The summed E-state index contributed by atoms with van der Waals surface area (Å²) in [6, 6.07) is 0. The zero-order valence-corrected chi connectivity index (χ0v) is 13.3. The number of aromatic nitrogens is 2. The lowest BCUT2D eigenvalue weighted by Gasteiger charge is -2.04. The van der Waals surface area contributed by atoms with Crippen LogP contribution in [-0.2, 0) is 18.2 Å². The fourth-order valence-electron chi connectivity index (χ4n) is 1.42. The van der Waals surface area contributed by atoms with E-state index in [1.165, 1.54) is 5.56 Å². The van der Waals surface area contributed by atoms with Crippen molar-refractivity contribution in [1.82, 2.24) is 15.1 Å². The first-order valence-corrected chi connectivity index (χ1v) is 5.72. The molecular formula is C11H22IN5O. The van der Waals surface area contributed by atoms with E-state index >= 15 is 0 Å². The molecule has 104 valence electrons. The molecule has 18 heavy (non-hydrogen) atoms. The van der Waals surface area contributed by atoms with Gasteiger partial charge in [0.25, 0.3) is 0 Å². The predicted molar refractivity (Wildman–Crippen MR) is 83.3 cm³/mol. The maximum absolute atomic E-state index is 5.66. The molecule has 0 unspecified atom stereocenters. The Morgan fingerprint density at radius 1 is 1.61 bits per heavy atom. The van der Waals surface area contributed by atoms with Crippen LogP contribution < -0.4 is 11.1 Å². The summed E-state index contributed by atoms with van der Waals surface area (Å²) in [6.45, 7) is 2.04. The number of rotatable bonds is 7. The van der Waals surface area contributed by atoms with Crippen molar-refractivity contribution in [1.29, 1.82) is 0 Å². The molecule has 0 aliphatic carbocycles. The Kier molecular flexibility index (Phi) is 9.66. The lowest BCUT2D eigenvalue weighted by molar-refractivity contribution is 0.204. The number of halogens is 1. The van der Waals surface area contributed by atoms with Crippen molar-refractivity contribution in [2.75, 3.05) is 26.8 Å². The molecule has 6 nitrogen and oxygen atoms in total. The highest BCUT2D eigenvalue weighted by Gasteiger charge is 1.96. The van der Waals surface area contributed by atoms with E-state index in [1.807, 2.05) is 19.4 Å². The van der Waals surface area contributed by atoms with Crippen LogP contribution in [0.5, 0.6) is 0 Å². The van der Waals surface area contributed by atoms with E-state index in [0.717, 1.165) is 19.4 Å². The summed E-state index contributed by atoms with van der Waals surface area (Å²) in [7, 11) is 3.57. The number of hydrogen-bond donors (Lipinski definition) is 2. The molecule has 0 radical (unpaired) electrons. The normalized spacial score (nSPS) is 11.1. The van der Waals surface area contributed by atoms with Gasteiger partial charge in [0.05, 0.1) is 12.8 Å². The smallest absolute Gasteiger partial charge is 0.188 e. The monoisotopic (exact) mass is 367 g/mol. The van der Waals surface area contributed by atoms with Crippen LogP contribution in [0.15, 0.2) is 17.4 Å². The molecule has 0 aromatic carbocycles. The van der Waals surface area contributed by atoms with Crippen molar-refractivity contribution in [2.45, 2.75) is 12.8 Å². The van der Waals surface area contributed by atoms with Gasteiger partial charge in [-0.05, 0) is 18.4 Å². The van der Waals surface area contributed by atoms with Gasteiger partial charge in [0.1, 0.15) is 0 Å². The Bertz CT molecular complexity index is 353. The number of ether oxygens (including phenoxy) is 1. The van der Waals surface area contributed by atoms with E-state index in [-0.39, 0.29) is 24.0 Å². The third kappa shape index (κ3) is 7.49. The molecule has 1 aromatic rings. The summed E-state index contributed by atoms with van der Waals surface area (Å²) in [5, 5.41) is 7.08. The summed E-state index contributed by atoms with van der Waals surface area (Å²) >= 11 is 0. The summed E-state index contributed by atoms with van der Waals surface area (Å²) in [5.41, 5.74) is 6.90. The highest BCUT2D eigenvalue weighted by atomic mass is 127. The van der Waals surface area contributed by atoms with Gasteiger partial charge in [-0.25, -0.2) is 0 Å². The third-order valence-corrected chi connectivity index (χ3v) is 2.28. The molecule has 0 amide bonds. The van der Waals surface area contributed by atoms with Crippen LogP contribution in [0.4, 0.5) is 0 Å². The molecule has 1 heterocycles. The second-order valence-corrected chi connectivity index (χ2v) is 3.81. The maximum Gasteiger partial charge on any atom is 0.188 e. The van der Waals surface area contributed by atoms with Crippen molar-refractivity contribution in [3.63, 3.8) is 0 Å². The van der Waals surface area contributed by atoms with Gasteiger partial charge < -0.3 is 15.8 Å². The molecule has 3 N–H and O–H groups in total. The van der Waals surface area contributed by atoms with Crippen LogP contribution in [0.25, 0.3) is 0 Å². The summed E-state index contributed by atoms with van der Waals surface area (Å²) in [4.78, 5) is 4.22. The Hall–Kier alpha value is -0.830. The van der Waals surface area contributed by atoms with Crippen LogP contribution in [0, 0.1) is 0 Å². The zero-order valence-electron chi connectivity index (χ0n) is 10.9. The fourth-order valence-corrected chi connectivity index (χ4v) is 1.42. The Labute approximate surface area is 125 Å². The molecular weight excluding hydrogens is 345 g/mol. The fraction of sp³-hybridized carbons (Fsp3) is 0.636. The number of aryl methyl sites for hydroxylation is 2. The van der Waals surface area contributed by atoms with Crippen molar-refractivity contribution in [2.24, 2.45) is 17.8 Å². The van der Waals surface area contributed by atoms with E-state index in [4.69, 9.17) is 10.5 Å². The van der Waals surface area contributed by atoms with Crippen molar-refractivity contribution >= 4 is 29.9 Å². The number of guanidine groups is 1. The zero-order chi connectivity index (χ0) is 12.5. The van der Waals surface area contributed by atoms with Gasteiger partial charge in [-0.15, -0.1) is 24.0 Å². The molecule has 0 fully saturated rings. The molecule has 1 rings (SSSR count). The number of methoxy groups -OCH3 is 1. The Morgan fingerprint density at radius 3 is 3.00 bits per heavy atom. The number of nitrogens with zero attached hydrogens (tertiary/aromatic N) is 3. The largest absolute Gasteiger partial charge is 0.383 e. The van der Waals surface area contributed by atoms with Gasteiger partial charge >= 0.3 is 0 Å². The molecule has 0 bridgehead atoms. The molecule has 0 aliphatic rings. The van der Waals surface area contributed by atoms with Crippen molar-refractivity contribution in [3.05, 3.63) is 18.0 Å². The number of nitrogens with one attached hydrogen (secondary N) is 1. The molecule has 0 aliphatic heterocycles. The molecule has 0 saturated heterocycles. The van der Waals surface area contributed by atoms with Crippen LogP contribution in [-0.4, -0.2) is 42.5 Å². The number of nitrogens with two attached hydrogens (primary N) is 1. The minimum absolute atomic E-state index is 0. The summed E-state index contributed by atoms with van der Waals surface area (Å²) < 4.78 is 6.70. The average molecular weight is 367 g/mol. The Morgan fingerprint density at radius 2 is 2.39 bits per heavy atom. The highest BCUT2D eigenvalue weighted by Crippen LogP contribution is 2.00. The predicted octanol–water partition coefficient (Wildman–Crippen LogP) is 0.521. The molecule has 1 aromatic heterocycles. The molecule has 0 spiro atoms. The number of hydrogen-bond acceptors (Lipinski definition) is 3. The summed E-state index contributed by atoms with van der Waals surface area (Å²) in [6.07, 6.45) is 5.84. The average Bonchev–Trinajstić information content (AvgIpc) is 2.71. The first kappa shape index (κ1) is 17.2. The van der Waals surface area contributed by atoms with Crippen LogP contribution in [0.2, 0.25) is 0 Å². The van der Waals surface area contributed by atoms with Gasteiger partial charge in [-0.3, -0.25) is 9.67 Å². The SMILES string of the molecule is COCCNC(N)=NCCCc1cnn(C)c1.I. The van der Waals surface area contributed by atoms with Crippen molar-refractivity contribution in [3.8, 4) is 0 Å². The van der Waals surface area contributed by atoms with Crippen LogP contribution in [0.1, 0.15) is 12.0 Å². The van der Waals surface area contributed by atoms with Gasteiger partial charge in [-0.1, -0.05) is 0 Å². The molecule has 0 atom stereocenters. The summed E-state index contributed by atoms with van der Waals surface area (Å²) in [5.74, 6) is 0.480. The van der Waals surface area contributed by atoms with E-state index < -0.39 is 0 Å². The van der Waals surface area contributed by atoms with E-state index in [1.54, 1.807) is 11.8 Å². The van der Waals surface area contributed by atoms with Gasteiger partial charge in [0.2, 0.25) is 0 Å². The molecule has 0 saturated carbocycles. The van der Waals surface area contributed by atoms with E-state index in [0.29, 0.717) is 19.1 Å². The minimum Gasteiger partial charge on any atom is -0.383 e. The van der Waals surface area contributed by atoms with Crippen LogP contribution in [0.3, 0.4) is 0 Å². The first-order valence-electron chi connectivity index (χ1n) is 5.72. The first-order chi connectivity index (χ1) is 8.22. The quantitative estimate of drug-likeness (QED) is 0.319. The third-order valence-electron chi connectivity index (χ3n) is 2.28. The topological polar surface area (TPSA) is 77.5 Å². The second kappa shape index (κ2) is 10.1. The molecule has 7 heteroatoms. The van der Waals surface area contributed by atoms with Gasteiger partial charge in [0.15, 0.2) is 5.96 Å².